The molecule has 0 unspecified atom stereocenters. The molecule has 2 aromatic carbocycles. The molecule has 0 atom stereocenters. The van der Waals surface area contributed by atoms with Gasteiger partial charge in [0.1, 0.15) is 11.5 Å². The van der Waals surface area contributed by atoms with Crippen LogP contribution in [0.25, 0.3) is 0 Å². The van der Waals surface area contributed by atoms with Gasteiger partial charge in [0.25, 0.3) is 0 Å². The van der Waals surface area contributed by atoms with E-state index in [2.05, 4.69) is 39.0 Å². The average molecular weight is 255 g/mol. The molecule has 0 spiro atoms. The average Bonchev–Trinajstić information content (AvgIpc) is 2.39. The summed E-state index contributed by atoms with van der Waals surface area (Å²) in [6.45, 7) is 6.90. The van der Waals surface area contributed by atoms with E-state index in [9.17, 15) is 0 Å². The Labute approximate surface area is 115 Å². The van der Waals surface area contributed by atoms with Gasteiger partial charge in [-0.05, 0) is 42.2 Å². The smallest absolute Gasteiger partial charge is 0.132 e. The van der Waals surface area contributed by atoms with Crippen LogP contribution in [0, 0.1) is 6.92 Å². The van der Waals surface area contributed by atoms with Crippen molar-refractivity contribution in [1.82, 2.24) is 0 Å². The first-order chi connectivity index (χ1) is 9.10. The van der Waals surface area contributed by atoms with E-state index in [1.54, 1.807) is 0 Å². The number of hydrogen-bond acceptors (Lipinski definition) is 2. The summed E-state index contributed by atoms with van der Waals surface area (Å²) in [5.74, 6) is 2.23. The van der Waals surface area contributed by atoms with Crippen LogP contribution in [0.3, 0.4) is 0 Å². The number of nitrogens with two attached hydrogens (primary N) is 1. The van der Waals surface area contributed by atoms with Crippen molar-refractivity contribution >= 4 is 0 Å². The fraction of sp³-hybridized carbons (Fsp3) is 0.294. The van der Waals surface area contributed by atoms with E-state index in [1.165, 1.54) is 11.1 Å². The van der Waals surface area contributed by atoms with Gasteiger partial charge in [-0.25, -0.2) is 0 Å². The summed E-state index contributed by atoms with van der Waals surface area (Å²) in [6, 6.07) is 14.3. The van der Waals surface area contributed by atoms with Gasteiger partial charge in [0, 0.05) is 12.1 Å². The second-order valence-electron chi connectivity index (χ2n) is 5.14. The molecule has 0 aliphatic rings. The van der Waals surface area contributed by atoms with Crippen LogP contribution in [0.5, 0.6) is 11.5 Å². The Hall–Kier alpha value is -1.80. The van der Waals surface area contributed by atoms with E-state index in [0.29, 0.717) is 12.5 Å². The number of benzene rings is 2. The minimum Gasteiger partial charge on any atom is -0.457 e. The van der Waals surface area contributed by atoms with Crippen molar-refractivity contribution in [3.8, 4) is 11.5 Å². The van der Waals surface area contributed by atoms with Crippen LogP contribution in [0.1, 0.15) is 36.5 Å². The normalized spacial score (nSPS) is 10.8. The van der Waals surface area contributed by atoms with Gasteiger partial charge < -0.3 is 10.5 Å². The molecule has 0 aliphatic carbocycles. The zero-order chi connectivity index (χ0) is 13.8. The van der Waals surface area contributed by atoms with Crippen LogP contribution in [0.15, 0.2) is 42.5 Å². The maximum absolute atomic E-state index is 5.94. The second kappa shape index (κ2) is 5.89. The lowest BCUT2D eigenvalue weighted by Gasteiger charge is -2.12. The molecular weight excluding hydrogens is 234 g/mol. The zero-order valence-corrected chi connectivity index (χ0v) is 11.8. The van der Waals surface area contributed by atoms with Gasteiger partial charge in [-0.2, -0.15) is 0 Å². The first-order valence-electron chi connectivity index (χ1n) is 6.67. The SMILES string of the molecule is Cc1ccc(CN)c(Oc2ccc(C(C)C)cc2)c1. The summed E-state index contributed by atoms with van der Waals surface area (Å²) in [4.78, 5) is 0. The summed E-state index contributed by atoms with van der Waals surface area (Å²) in [6.07, 6.45) is 0. The van der Waals surface area contributed by atoms with Crippen LogP contribution in [0.4, 0.5) is 0 Å². The van der Waals surface area contributed by atoms with Crippen LogP contribution in [-0.4, -0.2) is 0 Å². The predicted octanol–water partition coefficient (Wildman–Crippen LogP) is 4.37. The molecule has 0 saturated heterocycles. The fourth-order valence-electron chi connectivity index (χ4n) is 1.97. The molecule has 0 aromatic heterocycles. The number of ether oxygens (including phenoxy) is 1. The van der Waals surface area contributed by atoms with Gasteiger partial charge in [0.15, 0.2) is 0 Å². The lowest BCUT2D eigenvalue weighted by atomic mass is 10.0. The molecule has 0 heterocycles. The lowest BCUT2D eigenvalue weighted by molar-refractivity contribution is 0.475. The minimum absolute atomic E-state index is 0.486. The Balaban J connectivity index is 2.23. The third kappa shape index (κ3) is 3.36. The molecule has 0 fully saturated rings. The van der Waals surface area contributed by atoms with Crippen LogP contribution < -0.4 is 10.5 Å². The van der Waals surface area contributed by atoms with Crippen molar-refractivity contribution < 1.29 is 4.74 Å². The molecule has 2 nitrogen and oxygen atoms in total. The standard InChI is InChI=1S/C17H21NO/c1-12(2)14-6-8-16(9-7-14)19-17-10-13(3)4-5-15(17)11-18/h4-10,12H,11,18H2,1-3H3. The molecule has 2 aromatic rings. The van der Waals surface area contributed by atoms with Gasteiger partial charge >= 0.3 is 0 Å². The second-order valence-corrected chi connectivity index (χ2v) is 5.14. The molecule has 100 valence electrons. The summed E-state index contributed by atoms with van der Waals surface area (Å²) in [7, 11) is 0. The molecule has 0 radical (unpaired) electrons. The molecular formula is C17H21NO. The van der Waals surface area contributed by atoms with Crippen molar-refractivity contribution in [1.29, 1.82) is 0 Å². The zero-order valence-electron chi connectivity index (χ0n) is 11.8. The molecule has 2 rings (SSSR count). The molecule has 0 bridgehead atoms. The van der Waals surface area contributed by atoms with Crippen molar-refractivity contribution in [2.45, 2.75) is 33.2 Å². The van der Waals surface area contributed by atoms with Crippen LogP contribution in [0.2, 0.25) is 0 Å². The first-order valence-corrected chi connectivity index (χ1v) is 6.67. The van der Waals surface area contributed by atoms with Gasteiger partial charge in [0.05, 0.1) is 0 Å². The lowest BCUT2D eigenvalue weighted by Crippen LogP contribution is -1.99. The largest absolute Gasteiger partial charge is 0.457 e. The van der Waals surface area contributed by atoms with Crippen LogP contribution in [-0.2, 0) is 6.54 Å². The van der Waals surface area contributed by atoms with Crippen molar-refractivity contribution in [3.63, 3.8) is 0 Å². The van der Waals surface area contributed by atoms with Crippen molar-refractivity contribution in [2.24, 2.45) is 5.73 Å². The van der Waals surface area contributed by atoms with E-state index in [0.717, 1.165) is 17.1 Å². The van der Waals surface area contributed by atoms with Gasteiger partial charge in [-0.15, -0.1) is 0 Å². The summed E-state index contributed by atoms with van der Waals surface area (Å²) >= 11 is 0. The topological polar surface area (TPSA) is 35.2 Å². The van der Waals surface area contributed by atoms with E-state index in [4.69, 9.17) is 10.5 Å². The Morgan fingerprint density at radius 3 is 2.32 bits per heavy atom. The molecule has 0 amide bonds. The minimum atomic E-state index is 0.486. The molecule has 0 saturated carbocycles. The number of rotatable bonds is 4. The highest BCUT2D eigenvalue weighted by Gasteiger charge is 2.05. The van der Waals surface area contributed by atoms with Gasteiger partial charge in [-0.3, -0.25) is 0 Å². The third-order valence-corrected chi connectivity index (χ3v) is 3.22. The highest BCUT2D eigenvalue weighted by molar-refractivity contribution is 5.41. The predicted molar refractivity (Wildman–Crippen MR) is 79.7 cm³/mol. The summed E-state index contributed by atoms with van der Waals surface area (Å²) < 4.78 is 5.94. The highest BCUT2D eigenvalue weighted by Crippen LogP contribution is 2.27. The van der Waals surface area contributed by atoms with Gasteiger partial charge in [-0.1, -0.05) is 38.1 Å². The van der Waals surface area contributed by atoms with E-state index in [1.807, 2.05) is 24.3 Å². The van der Waals surface area contributed by atoms with E-state index < -0.39 is 0 Å². The Morgan fingerprint density at radius 2 is 1.74 bits per heavy atom. The highest BCUT2D eigenvalue weighted by atomic mass is 16.5. The monoisotopic (exact) mass is 255 g/mol. The molecule has 2 heteroatoms. The van der Waals surface area contributed by atoms with Crippen molar-refractivity contribution in [3.05, 3.63) is 59.2 Å². The molecule has 2 N–H and O–H groups in total. The van der Waals surface area contributed by atoms with E-state index >= 15 is 0 Å². The summed E-state index contributed by atoms with van der Waals surface area (Å²) in [5.41, 5.74) is 9.25. The van der Waals surface area contributed by atoms with Crippen molar-refractivity contribution in [2.75, 3.05) is 0 Å². The van der Waals surface area contributed by atoms with Crippen LogP contribution >= 0.6 is 0 Å². The maximum atomic E-state index is 5.94. The molecule has 0 aliphatic heterocycles. The third-order valence-electron chi connectivity index (χ3n) is 3.22. The number of hydrogen-bond donors (Lipinski definition) is 1. The Kier molecular flexibility index (Phi) is 4.23. The van der Waals surface area contributed by atoms with Gasteiger partial charge in [0.2, 0.25) is 0 Å². The Bertz CT molecular complexity index is 544. The fourth-order valence-corrected chi connectivity index (χ4v) is 1.97. The molecule has 19 heavy (non-hydrogen) atoms. The number of aryl methyl sites for hydroxylation is 1. The van der Waals surface area contributed by atoms with E-state index in [-0.39, 0.29) is 0 Å². The quantitative estimate of drug-likeness (QED) is 0.880. The summed E-state index contributed by atoms with van der Waals surface area (Å²) in [5, 5.41) is 0. The first kappa shape index (κ1) is 13.6. The Morgan fingerprint density at radius 1 is 1.05 bits per heavy atom. The maximum Gasteiger partial charge on any atom is 0.132 e.